The second kappa shape index (κ2) is 6.54. The predicted molar refractivity (Wildman–Crippen MR) is 85.0 cm³/mol. The van der Waals surface area contributed by atoms with Gasteiger partial charge in [0.05, 0.1) is 5.56 Å². The molecule has 1 atom stereocenters. The summed E-state index contributed by atoms with van der Waals surface area (Å²) in [6.07, 6.45) is 4.65. The molecule has 1 amide bonds. The van der Waals surface area contributed by atoms with E-state index < -0.39 is 17.5 Å². The zero-order valence-corrected chi connectivity index (χ0v) is 13.8. The van der Waals surface area contributed by atoms with Gasteiger partial charge in [0, 0.05) is 31.5 Å². The average molecular weight is 347 g/mol. The maximum atomic E-state index is 13.9. The van der Waals surface area contributed by atoms with E-state index in [-0.39, 0.29) is 11.5 Å². The molecule has 0 unspecified atom stereocenters. The molecule has 0 N–H and O–H groups in total. The van der Waals surface area contributed by atoms with Crippen LogP contribution >= 0.6 is 0 Å². The smallest absolute Gasteiger partial charge is 0.256 e. The molecule has 7 heteroatoms. The summed E-state index contributed by atoms with van der Waals surface area (Å²) in [5, 5.41) is 4.01. The second-order valence-corrected chi connectivity index (χ2v) is 6.91. The Kier molecular flexibility index (Phi) is 4.23. The molecule has 2 aliphatic rings. The van der Waals surface area contributed by atoms with E-state index >= 15 is 0 Å². The normalized spacial score (nSPS) is 20.7. The molecule has 2 fully saturated rings. The highest BCUT2D eigenvalue weighted by atomic mass is 19.1. The van der Waals surface area contributed by atoms with Crippen LogP contribution in [0.3, 0.4) is 0 Å². The second-order valence-electron chi connectivity index (χ2n) is 6.91. The van der Waals surface area contributed by atoms with Gasteiger partial charge in [-0.3, -0.25) is 4.79 Å². The van der Waals surface area contributed by atoms with E-state index in [0.717, 1.165) is 43.6 Å². The number of amides is 1. The summed E-state index contributed by atoms with van der Waals surface area (Å²) in [4.78, 5) is 18.6. The first kappa shape index (κ1) is 16.2. The van der Waals surface area contributed by atoms with Gasteiger partial charge in [0.2, 0.25) is 5.89 Å². The lowest BCUT2D eigenvalue weighted by molar-refractivity contribution is 0.0663. The summed E-state index contributed by atoms with van der Waals surface area (Å²) in [6, 6.07) is 3.05. The third-order valence-corrected chi connectivity index (χ3v) is 4.86. The molecular formula is C18H19F2N3O2. The minimum Gasteiger partial charge on any atom is -0.339 e. The summed E-state index contributed by atoms with van der Waals surface area (Å²) in [5.74, 6) is 0.135. The lowest BCUT2D eigenvalue weighted by Crippen LogP contribution is -2.40. The van der Waals surface area contributed by atoms with E-state index in [1.165, 1.54) is 6.07 Å². The first-order valence-electron chi connectivity index (χ1n) is 8.67. The van der Waals surface area contributed by atoms with Crippen molar-refractivity contribution in [3.8, 4) is 0 Å². The number of piperidine rings is 1. The quantitative estimate of drug-likeness (QED) is 0.851. The van der Waals surface area contributed by atoms with Gasteiger partial charge < -0.3 is 9.42 Å². The summed E-state index contributed by atoms with van der Waals surface area (Å²) in [5.41, 5.74) is -0.0872. The summed E-state index contributed by atoms with van der Waals surface area (Å²) in [6.45, 7) is 1.08. The third-order valence-electron chi connectivity index (χ3n) is 4.86. The SMILES string of the molecule is O=C(c1ccc(F)cc1F)N1CCC[C@@H](Cc2nc(C3CC3)no2)C1. The van der Waals surface area contributed by atoms with Crippen LogP contribution in [-0.4, -0.2) is 34.0 Å². The molecule has 5 nitrogen and oxygen atoms in total. The average Bonchev–Trinajstić information content (AvgIpc) is 3.35. The molecule has 1 aromatic heterocycles. The zero-order valence-electron chi connectivity index (χ0n) is 13.8. The highest BCUT2D eigenvalue weighted by molar-refractivity contribution is 5.94. The molecular weight excluding hydrogens is 328 g/mol. The van der Waals surface area contributed by atoms with Gasteiger partial charge >= 0.3 is 0 Å². The maximum Gasteiger partial charge on any atom is 0.256 e. The fourth-order valence-electron chi connectivity index (χ4n) is 3.35. The van der Waals surface area contributed by atoms with Crippen molar-refractivity contribution in [1.29, 1.82) is 0 Å². The number of rotatable bonds is 4. The van der Waals surface area contributed by atoms with Gasteiger partial charge in [0.15, 0.2) is 5.82 Å². The molecule has 1 saturated carbocycles. The van der Waals surface area contributed by atoms with Crippen LogP contribution in [0.5, 0.6) is 0 Å². The van der Waals surface area contributed by atoms with Crippen molar-refractivity contribution in [3.05, 3.63) is 47.1 Å². The number of hydrogen-bond donors (Lipinski definition) is 0. The Hall–Kier alpha value is -2.31. The monoisotopic (exact) mass is 347 g/mol. The van der Waals surface area contributed by atoms with E-state index in [9.17, 15) is 13.6 Å². The number of carbonyl (C=O) groups is 1. The molecule has 2 heterocycles. The predicted octanol–water partition coefficient (Wildman–Crippen LogP) is 3.32. The van der Waals surface area contributed by atoms with Crippen LogP contribution in [0.4, 0.5) is 8.78 Å². The number of carbonyl (C=O) groups excluding carboxylic acids is 1. The topological polar surface area (TPSA) is 59.2 Å². The first-order valence-corrected chi connectivity index (χ1v) is 8.67. The molecule has 4 rings (SSSR count). The number of halogens is 2. The van der Waals surface area contributed by atoms with E-state index in [4.69, 9.17) is 4.52 Å². The lowest BCUT2D eigenvalue weighted by atomic mass is 9.94. The Labute approximate surface area is 144 Å². The van der Waals surface area contributed by atoms with Crippen molar-refractivity contribution >= 4 is 5.91 Å². The molecule has 0 bridgehead atoms. The Morgan fingerprint density at radius 3 is 2.88 bits per heavy atom. The van der Waals surface area contributed by atoms with Crippen LogP contribution in [-0.2, 0) is 6.42 Å². The van der Waals surface area contributed by atoms with E-state index in [1.54, 1.807) is 4.90 Å². The van der Waals surface area contributed by atoms with Crippen LogP contribution in [0.15, 0.2) is 22.7 Å². The van der Waals surface area contributed by atoms with Crippen molar-refractivity contribution in [2.75, 3.05) is 13.1 Å². The molecule has 0 radical (unpaired) electrons. The van der Waals surface area contributed by atoms with Gasteiger partial charge in [-0.2, -0.15) is 4.98 Å². The van der Waals surface area contributed by atoms with E-state index in [2.05, 4.69) is 10.1 Å². The van der Waals surface area contributed by atoms with Crippen molar-refractivity contribution in [1.82, 2.24) is 15.0 Å². The van der Waals surface area contributed by atoms with Crippen LogP contribution in [0.25, 0.3) is 0 Å². The Balaban J connectivity index is 1.42. The van der Waals surface area contributed by atoms with Crippen LogP contribution in [0.2, 0.25) is 0 Å². The number of aromatic nitrogens is 2. The number of hydrogen-bond acceptors (Lipinski definition) is 4. The van der Waals surface area contributed by atoms with E-state index in [1.807, 2.05) is 0 Å². The molecule has 25 heavy (non-hydrogen) atoms. The van der Waals surface area contributed by atoms with Crippen molar-refractivity contribution in [3.63, 3.8) is 0 Å². The molecule has 1 aromatic carbocycles. The van der Waals surface area contributed by atoms with Gasteiger partial charge in [-0.25, -0.2) is 8.78 Å². The highest BCUT2D eigenvalue weighted by Gasteiger charge is 2.30. The van der Waals surface area contributed by atoms with Gasteiger partial charge in [-0.15, -0.1) is 0 Å². The van der Waals surface area contributed by atoms with Gasteiger partial charge in [-0.05, 0) is 43.7 Å². The molecule has 1 aliphatic heterocycles. The minimum absolute atomic E-state index is 0.0872. The van der Waals surface area contributed by atoms with Gasteiger partial charge in [0.25, 0.3) is 5.91 Å². The Morgan fingerprint density at radius 1 is 1.28 bits per heavy atom. The highest BCUT2D eigenvalue weighted by Crippen LogP contribution is 2.38. The Bertz CT molecular complexity index is 788. The molecule has 0 spiro atoms. The third kappa shape index (κ3) is 3.55. The van der Waals surface area contributed by atoms with Gasteiger partial charge in [0.1, 0.15) is 11.6 Å². The zero-order chi connectivity index (χ0) is 17.4. The summed E-state index contributed by atoms with van der Waals surface area (Å²) < 4.78 is 32.2. The van der Waals surface area contributed by atoms with Crippen LogP contribution in [0.1, 0.15) is 53.7 Å². The number of nitrogens with zero attached hydrogens (tertiary/aromatic N) is 3. The molecule has 1 aliphatic carbocycles. The standard InChI is InChI=1S/C18H19F2N3O2/c19-13-5-6-14(15(20)9-13)18(24)23-7-1-2-11(10-23)8-16-21-17(22-25-16)12-3-4-12/h5-6,9,11-12H,1-4,7-8,10H2/t11-/m0/s1. The fourth-order valence-corrected chi connectivity index (χ4v) is 3.35. The summed E-state index contributed by atoms with van der Waals surface area (Å²) in [7, 11) is 0. The first-order chi connectivity index (χ1) is 12.1. The van der Waals surface area contributed by atoms with Gasteiger partial charge in [-0.1, -0.05) is 5.16 Å². The number of benzene rings is 1. The minimum atomic E-state index is -0.821. The van der Waals surface area contributed by atoms with E-state index in [0.29, 0.717) is 31.3 Å². The van der Waals surface area contributed by atoms with Crippen molar-refractivity contribution in [2.45, 2.75) is 38.0 Å². The number of likely N-dealkylation sites (tertiary alicyclic amines) is 1. The molecule has 132 valence electrons. The Morgan fingerprint density at radius 2 is 2.12 bits per heavy atom. The van der Waals surface area contributed by atoms with Crippen LogP contribution < -0.4 is 0 Å². The molecule has 1 saturated heterocycles. The lowest BCUT2D eigenvalue weighted by Gasteiger charge is -2.32. The largest absolute Gasteiger partial charge is 0.339 e. The van der Waals surface area contributed by atoms with Crippen molar-refractivity contribution < 1.29 is 18.1 Å². The fraction of sp³-hybridized carbons (Fsp3) is 0.500. The van der Waals surface area contributed by atoms with Crippen molar-refractivity contribution in [2.24, 2.45) is 5.92 Å². The maximum absolute atomic E-state index is 13.9. The van der Waals surface area contributed by atoms with Crippen LogP contribution in [0, 0.1) is 17.6 Å². The molecule has 2 aromatic rings. The summed E-state index contributed by atoms with van der Waals surface area (Å²) >= 11 is 0.